The minimum absolute atomic E-state index is 0.614. The fourth-order valence-electron chi connectivity index (χ4n) is 3.96. The molecular formula is C24H29N. The Balaban J connectivity index is 1.66. The SMILES string of the molecule is C/C=C(\C=C/C1C(C)CC1C(C)c1ccccc1)Nc1ccccc1. The van der Waals surface area contributed by atoms with Crippen LogP contribution in [0, 0.1) is 17.8 Å². The van der Waals surface area contributed by atoms with E-state index >= 15 is 0 Å². The molecule has 1 aliphatic rings. The highest BCUT2D eigenvalue weighted by Gasteiger charge is 2.39. The number of nitrogens with one attached hydrogen (secondary N) is 1. The summed E-state index contributed by atoms with van der Waals surface area (Å²) in [5, 5.41) is 3.50. The van der Waals surface area contributed by atoms with Gasteiger partial charge in [-0.1, -0.05) is 74.5 Å². The summed E-state index contributed by atoms with van der Waals surface area (Å²) in [6.07, 6.45) is 8.15. The van der Waals surface area contributed by atoms with Gasteiger partial charge >= 0.3 is 0 Å². The zero-order valence-corrected chi connectivity index (χ0v) is 15.5. The average Bonchev–Trinajstić information content (AvgIpc) is 2.66. The Hall–Kier alpha value is -2.28. The van der Waals surface area contributed by atoms with Crippen molar-refractivity contribution in [2.75, 3.05) is 5.32 Å². The monoisotopic (exact) mass is 331 g/mol. The largest absolute Gasteiger partial charge is 0.356 e. The van der Waals surface area contributed by atoms with Gasteiger partial charge in [0.15, 0.2) is 0 Å². The Bertz CT molecular complexity index is 714. The van der Waals surface area contributed by atoms with Crippen molar-refractivity contribution in [3.63, 3.8) is 0 Å². The van der Waals surface area contributed by atoms with E-state index < -0.39 is 0 Å². The van der Waals surface area contributed by atoms with E-state index in [1.165, 1.54) is 12.0 Å². The molecule has 0 aromatic heterocycles. The number of hydrogen-bond acceptors (Lipinski definition) is 1. The third-order valence-corrected chi connectivity index (χ3v) is 5.63. The van der Waals surface area contributed by atoms with Gasteiger partial charge in [-0.25, -0.2) is 0 Å². The van der Waals surface area contributed by atoms with Crippen LogP contribution < -0.4 is 5.32 Å². The van der Waals surface area contributed by atoms with Crippen molar-refractivity contribution in [1.82, 2.24) is 0 Å². The van der Waals surface area contributed by atoms with Crippen LogP contribution in [0.3, 0.4) is 0 Å². The second-order valence-electron chi connectivity index (χ2n) is 7.25. The van der Waals surface area contributed by atoms with E-state index in [0.29, 0.717) is 11.8 Å². The summed E-state index contributed by atoms with van der Waals surface area (Å²) < 4.78 is 0. The van der Waals surface area contributed by atoms with Crippen LogP contribution in [0.1, 0.15) is 38.7 Å². The molecule has 0 heterocycles. The molecule has 2 aromatic carbocycles. The van der Waals surface area contributed by atoms with Gasteiger partial charge in [-0.15, -0.1) is 0 Å². The van der Waals surface area contributed by atoms with E-state index in [1.54, 1.807) is 0 Å². The topological polar surface area (TPSA) is 12.0 Å². The fraction of sp³-hybridized carbons (Fsp3) is 0.333. The van der Waals surface area contributed by atoms with Crippen molar-refractivity contribution in [2.45, 2.75) is 33.1 Å². The van der Waals surface area contributed by atoms with Crippen LogP contribution in [0.4, 0.5) is 5.69 Å². The summed E-state index contributed by atoms with van der Waals surface area (Å²) >= 11 is 0. The van der Waals surface area contributed by atoms with Crippen LogP contribution >= 0.6 is 0 Å². The molecular weight excluding hydrogens is 302 g/mol. The lowest BCUT2D eigenvalue weighted by atomic mass is 9.60. The minimum Gasteiger partial charge on any atom is -0.356 e. The number of hydrogen-bond donors (Lipinski definition) is 1. The molecule has 3 rings (SSSR count). The van der Waals surface area contributed by atoms with E-state index in [-0.39, 0.29) is 0 Å². The molecule has 0 bridgehead atoms. The number of allylic oxidation sites excluding steroid dienone is 3. The highest BCUT2D eigenvalue weighted by Crippen LogP contribution is 2.48. The van der Waals surface area contributed by atoms with Gasteiger partial charge < -0.3 is 5.32 Å². The molecule has 130 valence electrons. The van der Waals surface area contributed by atoms with Crippen molar-refractivity contribution in [3.8, 4) is 0 Å². The van der Waals surface area contributed by atoms with Gasteiger partial charge in [0.25, 0.3) is 0 Å². The van der Waals surface area contributed by atoms with E-state index in [1.807, 2.05) is 6.07 Å². The Kier molecular flexibility index (Phi) is 5.75. The maximum Gasteiger partial charge on any atom is 0.0384 e. The summed E-state index contributed by atoms with van der Waals surface area (Å²) in [6.45, 7) is 6.85. The summed E-state index contributed by atoms with van der Waals surface area (Å²) in [5.41, 5.74) is 3.76. The molecule has 4 atom stereocenters. The first-order valence-corrected chi connectivity index (χ1v) is 9.40. The van der Waals surface area contributed by atoms with Crippen LogP contribution in [-0.4, -0.2) is 0 Å². The van der Waals surface area contributed by atoms with Gasteiger partial charge in [-0.05, 0) is 60.8 Å². The Labute approximate surface area is 152 Å². The lowest BCUT2D eigenvalue weighted by Crippen LogP contribution is -2.36. The average molecular weight is 332 g/mol. The van der Waals surface area contributed by atoms with Crippen LogP contribution in [0.15, 0.2) is 84.6 Å². The van der Waals surface area contributed by atoms with Crippen molar-refractivity contribution < 1.29 is 0 Å². The Morgan fingerprint density at radius 3 is 2.28 bits per heavy atom. The molecule has 0 radical (unpaired) electrons. The molecule has 0 amide bonds. The number of benzene rings is 2. The summed E-state index contributed by atoms with van der Waals surface area (Å²) in [4.78, 5) is 0. The summed E-state index contributed by atoms with van der Waals surface area (Å²) in [5.74, 6) is 2.77. The first-order chi connectivity index (χ1) is 12.2. The predicted octanol–water partition coefficient (Wildman–Crippen LogP) is 6.63. The smallest absolute Gasteiger partial charge is 0.0384 e. The summed E-state index contributed by atoms with van der Waals surface area (Å²) in [7, 11) is 0. The van der Waals surface area contributed by atoms with Crippen LogP contribution in [0.25, 0.3) is 0 Å². The first kappa shape index (κ1) is 17.5. The highest BCUT2D eigenvalue weighted by molar-refractivity contribution is 5.50. The van der Waals surface area contributed by atoms with E-state index in [0.717, 1.165) is 23.2 Å². The molecule has 1 fully saturated rings. The van der Waals surface area contributed by atoms with Gasteiger partial charge in [0.05, 0.1) is 0 Å². The van der Waals surface area contributed by atoms with Crippen LogP contribution in [0.2, 0.25) is 0 Å². The minimum atomic E-state index is 0.614. The molecule has 1 saturated carbocycles. The van der Waals surface area contributed by atoms with Crippen LogP contribution in [-0.2, 0) is 0 Å². The van der Waals surface area contributed by atoms with Crippen LogP contribution in [0.5, 0.6) is 0 Å². The number of rotatable bonds is 6. The van der Waals surface area contributed by atoms with Gasteiger partial charge in [0.2, 0.25) is 0 Å². The maximum atomic E-state index is 3.50. The third-order valence-electron chi connectivity index (χ3n) is 5.63. The van der Waals surface area contributed by atoms with Crippen molar-refractivity contribution in [2.24, 2.45) is 17.8 Å². The van der Waals surface area contributed by atoms with Crippen molar-refractivity contribution in [1.29, 1.82) is 0 Å². The molecule has 1 aliphatic carbocycles. The van der Waals surface area contributed by atoms with Crippen molar-refractivity contribution in [3.05, 3.63) is 90.2 Å². The van der Waals surface area contributed by atoms with E-state index in [9.17, 15) is 0 Å². The fourth-order valence-corrected chi connectivity index (χ4v) is 3.96. The molecule has 2 aromatic rings. The molecule has 0 spiro atoms. The molecule has 1 heteroatoms. The third kappa shape index (κ3) is 4.22. The quantitative estimate of drug-likeness (QED) is 0.585. The van der Waals surface area contributed by atoms with Crippen molar-refractivity contribution >= 4 is 5.69 Å². The molecule has 4 unspecified atom stereocenters. The maximum absolute atomic E-state index is 3.50. The lowest BCUT2D eigenvalue weighted by molar-refractivity contribution is 0.107. The number of anilines is 1. The lowest BCUT2D eigenvalue weighted by Gasteiger charge is -2.45. The zero-order chi connectivity index (χ0) is 17.6. The second kappa shape index (κ2) is 8.20. The molecule has 25 heavy (non-hydrogen) atoms. The zero-order valence-electron chi connectivity index (χ0n) is 15.5. The van der Waals surface area contributed by atoms with E-state index in [4.69, 9.17) is 0 Å². The normalized spacial score (nSPS) is 24.8. The van der Waals surface area contributed by atoms with Gasteiger partial charge in [-0.2, -0.15) is 0 Å². The standard InChI is InChI=1S/C24H29N/c1-4-21(25-22-13-9-6-10-14-22)15-16-23-18(2)17-24(23)19(3)20-11-7-5-8-12-20/h4-16,18-19,23-25H,17H2,1-3H3/b16-15-,21-4+. The first-order valence-electron chi connectivity index (χ1n) is 9.40. The predicted molar refractivity (Wildman–Crippen MR) is 109 cm³/mol. The molecule has 1 N–H and O–H groups in total. The van der Waals surface area contributed by atoms with E-state index in [2.05, 4.69) is 98.9 Å². The van der Waals surface area contributed by atoms with Gasteiger partial charge in [-0.3, -0.25) is 0 Å². The van der Waals surface area contributed by atoms with Gasteiger partial charge in [0.1, 0.15) is 0 Å². The molecule has 1 nitrogen and oxygen atoms in total. The number of para-hydroxylation sites is 1. The molecule has 0 aliphatic heterocycles. The Morgan fingerprint density at radius 1 is 1.04 bits per heavy atom. The molecule has 0 saturated heterocycles. The Morgan fingerprint density at radius 2 is 1.68 bits per heavy atom. The highest BCUT2D eigenvalue weighted by atomic mass is 14.9. The van der Waals surface area contributed by atoms with Gasteiger partial charge in [0, 0.05) is 11.4 Å². The summed E-state index contributed by atoms with van der Waals surface area (Å²) in [6, 6.07) is 21.3. The second-order valence-corrected chi connectivity index (χ2v) is 7.25.